The van der Waals surface area contributed by atoms with E-state index in [-0.39, 0.29) is 18.3 Å². The Balaban J connectivity index is 1.78. The fourth-order valence-corrected chi connectivity index (χ4v) is 2.36. The van der Waals surface area contributed by atoms with E-state index < -0.39 is 0 Å². The normalized spacial score (nSPS) is 11.1. The fraction of sp³-hybridized carbons (Fsp3) is 0.300. The van der Waals surface area contributed by atoms with E-state index >= 15 is 0 Å². The van der Waals surface area contributed by atoms with Crippen LogP contribution in [0.4, 0.5) is 4.39 Å². The van der Waals surface area contributed by atoms with Crippen molar-refractivity contribution in [3.8, 4) is 0 Å². The molecule has 6 heteroatoms. The smallest absolute Gasteiger partial charge is 0.242 e. The Morgan fingerprint density at radius 3 is 2.46 bits per heavy atom. The van der Waals surface area contributed by atoms with Gasteiger partial charge in [-0.1, -0.05) is 48.5 Å². The second kappa shape index (κ2) is 10.9. The summed E-state index contributed by atoms with van der Waals surface area (Å²) in [5.41, 5.74) is 1.69. The van der Waals surface area contributed by atoms with Crippen LogP contribution < -0.4 is 16.0 Å². The molecular formula is C20H25FN4O. The van der Waals surface area contributed by atoms with E-state index in [0.29, 0.717) is 37.6 Å². The number of hydrogen-bond acceptors (Lipinski definition) is 2. The van der Waals surface area contributed by atoms with Crippen LogP contribution in [0.5, 0.6) is 0 Å². The Bertz CT molecular complexity index is 719. The van der Waals surface area contributed by atoms with E-state index in [0.717, 1.165) is 5.56 Å². The van der Waals surface area contributed by atoms with Gasteiger partial charge in [-0.15, -0.1) is 0 Å². The average molecular weight is 356 g/mol. The van der Waals surface area contributed by atoms with Crippen molar-refractivity contribution in [1.82, 2.24) is 16.0 Å². The number of rotatable bonds is 8. The molecule has 0 saturated carbocycles. The van der Waals surface area contributed by atoms with Gasteiger partial charge in [0.1, 0.15) is 12.4 Å². The minimum atomic E-state index is -0.212. The number of hydrogen-bond donors (Lipinski definition) is 3. The second-order valence-corrected chi connectivity index (χ2v) is 5.73. The van der Waals surface area contributed by atoms with Crippen LogP contribution in [0.3, 0.4) is 0 Å². The summed E-state index contributed by atoms with van der Waals surface area (Å²) in [6, 6.07) is 16.4. The summed E-state index contributed by atoms with van der Waals surface area (Å²) >= 11 is 0. The summed E-state index contributed by atoms with van der Waals surface area (Å²) in [6.45, 7) is 3.66. The maximum Gasteiger partial charge on any atom is 0.242 e. The van der Waals surface area contributed by atoms with Gasteiger partial charge in [0.25, 0.3) is 0 Å². The number of nitrogens with one attached hydrogen (secondary N) is 3. The van der Waals surface area contributed by atoms with E-state index in [1.54, 1.807) is 12.1 Å². The molecule has 2 rings (SSSR count). The van der Waals surface area contributed by atoms with Gasteiger partial charge in [-0.3, -0.25) is 4.79 Å². The second-order valence-electron chi connectivity index (χ2n) is 5.73. The highest BCUT2D eigenvalue weighted by Crippen LogP contribution is 2.06. The van der Waals surface area contributed by atoms with E-state index in [1.165, 1.54) is 6.07 Å². The molecule has 2 aromatic rings. The number of carbonyl (C=O) groups excluding carboxylic acids is 1. The van der Waals surface area contributed by atoms with E-state index in [1.807, 2.05) is 43.3 Å². The number of halogens is 1. The van der Waals surface area contributed by atoms with Crippen molar-refractivity contribution in [3.63, 3.8) is 0 Å². The lowest BCUT2D eigenvalue weighted by Crippen LogP contribution is -2.39. The lowest BCUT2D eigenvalue weighted by atomic mass is 10.1. The first kappa shape index (κ1) is 19.4. The van der Waals surface area contributed by atoms with Crippen molar-refractivity contribution in [2.75, 3.05) is 19.6 Å². The maximum absolute atomic E-state index is 13.6. The van der Waals surface area contributed by atoms with E-state index in [4.69, 9.17) is 0 Å². The summed E-state index contributed by atoms with van der Waals surface area (Å²) in [5.74, 6) is 0.176. The summed E-state index contributed by atoms with van der Waals surface area (Å²) in [5, 5.41) is 9.03. The molecule has 0 aliphatic heterocycles. The highest BCUT2D eigenvalue weighted by atomic mass is 19.1. The van der Waals surface area contributed by atoms with Gasteiger partial charge < -0.3 is 16.0 Å². The molecule has 5 nitrogen and oxygen atoms in total. The quantitative estimate of drug-likeness (QED) is 0.502. The average Bonchev–Trinajstić information content (AvgIpc) is 2.66. The van der Waals surface area contributed by atoms with Crippen LogP contribution in [-0.4, -0.2) is 31.5 Å². The zero-order valence-electron chi connectivity index (χ0n) is 15.0. The molecular weight excluding hydrogens is 331 g/mol. The van der Waals surface area contributed by atoms with Crippen LogP contribution in [-0.2, 0) is 17.8 Å². The van der Waals surface area contributed by atoms with Crippen LogP contribution >= 0.6 is 0 Å². The molecule has 0 spiro atoms. The summed E-state index contributed by atoms with van der Waals surface area (Å²) < 4.78 is 13.6. The topological polar surface area (TPSA) is 65.5 Å². The molecule has 26 heavy (non-hydrogen) atoms. The van der Waals surface area contributed by atoms with Crippen molar-refractivity contribution in [2.24, 2.45) is 4.99 Å². The fourth-order valence-electron chi connectivity index (χ4n) is 2.36. The number of guanidine groups is 1. The lowest BCUT2D eigenvalue weighted by Gasteiger charge is -2.11. The van der Waals surface area contributed by atoms with Gasteiger partial charge in [-0.2, -0.15) is 0 Å². The van der Waals surface area contributed by atoms with Crippen LogP contribution in [0.1, 0.15) is 18.1 Å². The van der Waals surface area contributed by atoms with Crippen LogP contribution in [0.25, 0.3) is 0 Å². The molecule has 0 atom stereocenters. The monoisotopic (exact) mass is 356 g/mol. The van der Waals surface area contributed by atoms with Crippen molar-refractivity contribution >= 4 is 11.9 Å². The number of benzene rings is 2. The Labute approximate surface area is 153 Å². The van der Waals surface area contributed by atoms with Crippen molar-refractivity contribution in [2.45, 2.75) is 19.9 Å². The van der Waals surface area contributed by atoms with E-state index in [9.17, 15) is 9.18 Å². The zero-order chi connectivity index (χ0) is 18.6. The molecule has 0 aliphatic rings. The predicted octanol–water partition coefficient (Wildman–Crippen LogP) is 2.24. The van der Waals surface area contributed by atoms with Crippen LogP contribution in [0, 0.1) is 5.82 Å². The maximum atomic E-state index is 13.6. The Kier molecular flexibility index (Phi) is 8.12. The minimum absolute atomic E-state index is 0.0296. The first-order valence-corrected chi connectivity index (χ1v) is 8.75. The highest BCUT2D eigenvalue weighted by molar-refractivity contribution is 5.84. The molecule has 138 valence electrons. The lowest BCUT2D eigenvalue weighted by molar-refractivity contribution is -0.119. The molecule has 0 bridgehead atoms. The molecule has 0 heterocycles. The molecule has 0 fully saturated rings. The third-order valence-electron chi connectivity index (χ3n) is 3.70. The largest absolute Gasteiger partial charge is 0.357 e. The standard InChI is InChI=1S/C20H25FN4O/c1-2-22-20(23-13-12-17-10-6-7-11-18(17)21)25-15-19(26)24-14-16-8-4-3-5-9-16/h3-11H,2,12-15H2,1H3,(H,24,26)(H2,22,23,25). The molecule has 0 saturated heterocycles. The first-order chi connectivity index (χ1) is 12.7. The number of carbonyl (C=O) groups is 1. The van der Waals surface area contributed by atoms with Gasteiger partial charge in [0.05, 0.1) is 0 Å². The molecule has 0 aliphatic carbocycles. The SMILES string of the molecule is CCNC(=NCC(=O)NCc1ccccc1)NCCc1ccccc1F. The highest BCUT2D eigenvalue weighted by Gasteiger charge is 2.04. The zero-order valence-corrected chi connectivity index (χ0v) is 15.0. The van der Waals surface area contributed by atoms with Crippen molar-refractivity contribution in [1.29, 1.82) is 0 Å². The Hall–Kier alpha value is -2.89. The number of amides is 1. The van der Waals surface area contributed by atoms with Gasteiger partial charge >= 0.3 is 0 Å². The van der Waals surface area contributed by atoms with Gasteiger partial charge in [0, 0.05) is 19.6 Å². The van der Waals surface area contributed by atoms with Gasteiger partial charge in [-0.05, 0) is 30.5 Å². The number of nitrogens with zero attached hydrogens (tertiary/aromatic N) is 1. The Morgan fingerprint density at radius 2 is 1.73 bits per heavy atom. The van der Waals surface area contributed by atoms with Gasteiger partial charge in [0.15, 0.2) is 5.96 Å². The Morgan fingerprint density at radius 1 is 1.00 bits per heavy atom. The van der Waals surface area contributed by atoms with Gasteiger partial charge in [-0.25, -0.2) is 9.38 Å². The molecule has 0 unspecified atom stereocenters. The third-order valence-corrected chi connectivity index (χ3v) is 3.70. The van der Waals surface area contributed by atoms with Crippen LogP contribution in [0.2, 0.25) is 0 Å². The molecule has 0 aromatic heterocycles. The van der Waals surface area contributed by atoms with Crippen molar-refractivity contribution < 1.29 is 9.18 Å². The summed E-state index contributed by atoms with van der Waals surface area (Å²) in [6.07, 6.45) is 0.539. The predicted molar refractivity (Wildman–Crippen MR) is 102 cm³/mol. The molecule has 3 N–H and O–H groups in total. The van der Waals surface area contributed by atoms with Crippen molar-refractivity contribution in [3.05, 3.63) is 71.5 Å². The molecule has 1 amide bonds. The van der Waals surface area contributed by atoms with Crippen LogP contribution in [0.15, 0.2) is 59.6 Å². The summed E-state index contributed by atoms with van der Waals surface area (Å²) in [4.78, 5) is 16.2. The third kappa shape index (κ3) is 6.93. The number of aliphatic imine (C=N–C) groups is 1. The molecule has 0 radical (unpaired) electrons. The first-order valence-electron chi connectivity index (χ1n) is 8.75. The van der Waals surface area contributed by atoms with E-state index in [2.05, 4.69) is 20.9 Å². The van der Waals surface area contributed by atoms with Gasteiger partial charge in [0.2, 0.25) is 5.91 Å². The summed E-state index contributed by atoms with van der Waals surface area (Å²) in [7, 11) is 0. The molecule has 2 aromatic carbocycles. The minimum Gasteiger partial charge on any atom is -0.357 e.